The Morgan fingerprint density at radius 1 is 1.03 bits per heavy atom. The predicted octanol–water partition coefficient (Wildman–Crippen LogP) is 4.00. The van der Waals surface area contributed by atoms with Crippen LogP contribution in [0.1, 0.15) is 43.1 Å². The summed E-state index contributed by atoms with van der Waals surface area (Å²) in [5.74, 6) is 1.47. The number of benzene rings is 1. The van der Waals surface area contributed by atoms with E-state index in [1.54, 1.807) is 29.4 Å². The van der Waals surface area contributed by atoms with Crippen LogP contribution in [0.5, 0.6) is 11.5 Å². The highest BCUT2D eigenvalue weighted by Crippen LogP contribution is 2.40. The Labute approximate surface area is 197 Å². The summed E-state index contributed by atoms with van der Waals surface area (Å²) in [6.45, 7) is 3.06. The van der Waals surface area contributed by atoms with Gasteiger partial charge in [0, 0.05) is 17.8 Å². The smallest absolute Gasteiger partial charge is 0.275 e. The maximum Gasteiger partial charge on any atom is 0.275 e. The third-order valence-corrected chi connectivity index (χ3v) is 7.10. The largest absolute Gasteiger partial charge is 0.486 e. The number of anilines is 1. The molecule has 6 rings (SSSR count). The molecule has 176 valence electrons. The monoisotopic (exact) mass is 461 g/mol. The molecule has 1 aliphatic carbocycles. The Morgan fingerprint density at radius 2 is 1.79 bits per heavy atom. The van der Waals surface area contributed by atoms with Crippen molar-refractivity contribution < 1.29 is 23.5 Å². The molecule has 0 radical (unpaired) electrons. The van der Waals surface area contributed by atoms with Crippen molar-refractivity contribution in [1.82, 2.24) is 9.88 Å². The molecule has 4 heterocycles. The first kappa shape index (κ1) is 20.9. The van der Waals surface area contributed by atoms with Crippen molar-refractivity contribution in [2.24, 2.45) is 0 Å². The number of carbonyl (C=O) groups excluding carboxylic acids is 2. The third kappa shape index (κ3) is 3.28. The molecule has 2 amide bonds. The Hall–Kier alpha value is -3.68. The van der Waals surface area contributed by atoms with Gasteiger partial charge in [-0.25, -0.2) is 0 Å². The zero-order chi connectivity index (χ0) is 23.3. The lowest BCUT2D eigenvalue weighted by molar-refractivity contribution is -0.127. The molecule has 3 aliphatic rings. The molecule has 2 aliphatic heterocycles. The molecule has 1 aromatic carbocycles. The van der Waals surface area contributed by atoms with Crippen LogP contribution in [0.25, 0.3) is 11.5 Å². The molecule has 1 N–H and O–H groups in total. The van der Waals surface area contributed by atoms with Gasteiger partial charge in [0.15, 0.2) is 11.5 Å². The van der Waals surface area contributed by atoms with Crippen LogP contribution >= 0.6 is 0 Å². The molecule has 0 spiro atoms. The van der Waals surface area contributed by atoms with Gasteiger partial charge < -0.3 is 23.8 Å². The fourth-order valence-electron chi connectivity index (χ4n) is 5.34. The summed E-state index contributed by atoms with van der Waals surface area (Å²) < 4.78 is 18.9. The lowest BCUT2D eigenvalue weighted by Gasteiger charge is -2.44. The zero-order valence-electron chi connectivity index (χ0n) is 19.1. The normalized spacial score (nSPS) is 22.0. The average molecular weight is 462 g/mol. The van der Waals surface area contributed by atoms with Gasteiger partial charge in [0.25, 0.3) is 5.91 Å². The van der Waals surface area contributed by atoms with Crippen LogP contribution in [0.15, 0.2) is 53.1 Å². The van der Waals surface area contributed by atoms with Gasteiger partial charge in [-0.1, -0.05) is 12.8 Å². The van der Waals surface area contributed by atoms with Gasteiger partial charge >= 0.3 is 0 Å². The minimum atomic E-state index is -1.16. The zero-order valence-corrected chi connectivity index (χ0v) is 19.1. The van der Waals surface area contributed by atoms with Crippen LogP contribution in [0.4, 0.5) is 5.69 Å². The molecule has 0 unspecified atom stereocenters. The van der Waals surface area contributed by atoms with Crippen molar-refractivity contribution in [2.75, 3.05) is 18.1 Å². The van der Waals surface area contributed by atoms with Crippen LogP contribution < -0.4 is 19.7 Å². The lowest BCUT2D eigenvalue weighted by Crippen LogP contribution is -2.65. The molecular weight excluding hydrogens is 434 g/mol. The second kappa shape index (κ2) is 7.97. The van der Waals surface area contributed by atoms with Gasteiger partial charge in [0.2, 0.25) is 5.91 Å². The number of hydrogen-bond acceptors (Lipinski definition) is 5. The van der Waals surface area contributed by atoms with Crippen molar-refractivity contribution in [3.05, 3.63) is 54.4 Å². The second-order valence-corrected chi connectivity index (χ2v) is 9.36. The summed E-state index contributed by atoms with van der Waals surface area (Å²) in [7, 11) is 0. The molecule has 0 saturated heterocycles. The highest BCUT2D eigenvalue weighted by Gasteiger charge is 2.49. The number of nitrogens with one attached hydrogen (secondary N) is 1. The van der Waals surface area contributed by atoms with E-state index in [1.807, 2.05) is 35.8 Å². The van der Waals surface area contributed by atoms with E-state index in [0.29, 0.717) is 48.4 Å². The average Bonchev–Trinajstić information content (AvgIpc) is 3.61. The maximum absolute atomic E-state index is 13.9. The van der Waals surface area contributed by atoms with Gasteiger partial charge in [-0.05, 0) is 56.2 Å². The fraction of sp³-hybridized carbons (Fsp3) is 0.385. The molecule has 2 aromatic heterocycles. The number of hydrogen-bond donors (Lipinski definition) is 1. The maximum atomic E-state index is 13.9. The van der Waals surface area contributed by atoms with E-state index < -0.39 is 5.54 Å². The number of aromatic nitrogens is 1. The van der Waals surface area contributed by atoms with Crippen LogP contribution in [-0.2, 0) is 11.3 Å². The number of furan rings is 1. The van der Waals surface area contributed by atoms with Gasteiger partial charge in [-0.15, -0.1) is 0 Å². The number of carbonyl (C=O) groups is 2. The van der Waals surface area contributed by atoms with E-state index in [2.05, 4.69) is 5.32 Å². The first-order chi connectivity index (χ1) is 16.5. The molecular formula is C26H27N3O5. The fourth-order valence-corrected chi connectivity index (χ4v) is 5.34. The number of amides is 2. The molecule has 1 atom stereocenters. The van der Waals surface area contributed by atoms with Crippen LogP contribution in [0, 0.1) is 0 Å². The van der Waals surface area contributed by atoms with Gasteiger partial charge in [0.05, 0.1) is 18.5 Å². The molecule has 1 fully saturated rings. The van der Waals surface area contributed by atoms with E-state index in [-0.39, 0.29) is 17.9 Å². The van der Waals surface area contributed by atoms with E-state index in [4.69, 9.17) is 13.9 Å². The molecule has 34 heavy (non-hydrogen) atoms. The summed E-state index contributed by atoms with van der Waals surface area (Å²) >= 11 is 0. The molecule has 1 saturated carbocycles. The minimum absolute atomic E-state index is 0.136. The minimum Gasteiger partial charge on any atom is -0.486 e. The van der Waals surface area contributed by atoms with E-state index >= 15 is 0 Å². The number of fused-ring (bicyclic) bond motifs is 2. The Balaban J connectivity index is 1.45. The highest BCUT2D eigenvalue weighted by molar-refractivity contribution is 6.12. The third-order valence-electron chi connectivity index (χ3n) is 7.10. The lowest BCUT2D eigenvalue weighted by atomic mass is 9.93. The van der Waals surface area contributed by atoms with E-state index in [9.17, 15) is 9.59 Å². The summed E-state index contributed by atoms with van der Waals surface area (Å²) in [5, 5.41) is 3.22. The molecule has 8 nitrogen and oxygen atoms in total. The second-order valence-electron chi connectivity index (χ2n) is 9.36. The van der Waals surface area contributed by atoms with E-state index in [0.717, 1.165) is 31.4 Å². The highest BCUT2D eigenvalue weighted by atomic mass is 16.6. The Kier molecular flexibility index (Phi) is 4.90. The van der Waals surface area contributed by atoms with Crippen LogP contribution in [0.3, 0.4) is 0 Å². The number of nitrogens with zero attached hydrogens (tertiary/aromatic N) is 2. The van der Waals surface area contributed by atoms with Gasteiger partial charge in [-0.2, -0.15) is 0 Å². The predicted molar refractivity (Wildman–Crippen MR) is 125 cm³/mol. The number of ether oxygens (including phenoxy) is 2. The van der Waals surface area contributed by atoms with Crippen LogP contribution in [0.2, 0.25) is 0 Å². The van der Waals surface area contributed by atoms with E-state index in [1.165, 1.54) is 0 Å². The van der Waals surface area contributed by atoms with Crippen molar-refractivity contribution >= 4 is 17.5 Å². The molecule has 8 heteroatoms. The summed E-state index contributed by atoms with van der Waals surface area (Å²) in [6.07, 6.45) is 5.75. The first-order valence-electron chi connectivity index (χ1n) is 11.8. The van der Waals surface area contributed by atoms with Crippen molar-refractivity contribution in [1.29, 1.82) is 0 Å². The Morgan fingerprint density at radius 3 is 2.56 bits per heavy atom. The summed E-state index contributed by atoms with van der Waals surface area (Å²) in [6, 6.07) is 12.9. The van der Waals surface area contributed by atoms with Crippen molar-refractivity contribution in [2.45, 2.75) is 50.7 Å². The molecule has 3 aromatic rings. The van der Waals surface area contributed by atoms with Gasteiger partial charge in [0.1, 0.15) is 30.2 Å². The van der Waals surface area contributed by atoms with Crippen molar-refractivity contribution in [3.63, 3.8) is 0 Å². The quantitative estimate of drug-likeness (QED) is 0.635. The van der Waals surface area contributed by atoms with Crippen LogP contribution in [-0.4, -0.2) is 41.2 Å². The molecule has 0 bridgehead atoms. The SMILES string of the molecule is C[C@]1(C(=O)NC2CCCC2)Cn2c(ccc2-c2ccco2)C(=O)N1c1ccc2c(c1)OCCO2. The Bertz CT molecular complexity index is 1240. The number of rotatable bonds is 4. The summed E-state index contributed by atoms with van der Waals surface area (Å²) in [5.41, 5.74) is 0.726. The van der Waals surface area contributed by atoms with Gasteiger partial charge in [-0.3, -0.25) is 14.5 Å². The standard InChI is InChI=1S/C26H27N3O5/c1-26(25(31)27-17-5-2-3-6-17)16-28-19(21-7-4-12-32-21)9-10-20(28)24(30)29(26)18-8-11-22-23(15-18)34-14-13-33-22/h4,7-12,15,17H,2-3,5-6,13-14,16H2,1H3,(H,27,31)/t26-/m1/s1. The topological polar surface area (TPSA) is 85.9 Å². The van der Waals surface area contributed by atoms with Crippen molar-refractivity contribution in [3.8, 4) is 23.0 Å². The first-order valence-corrected chi connectivity index (χ1v) is 11.8. The summed E-state index contributed by atoms with van der Waals surface area (Å²) in [4.78, 5) is 29.4.